The summed E-state index contributed by atoms with van der Waals surface area (Å²) in [5.41, 5.74) is 0. The average molecular weight is 800 g/mol. The molecule has 55 heavy (non-hydrogen) atoms. The van der Waals surface area contributed by atoms with E-state index in [9.17, 15) is 19.0 Å². The van der Waals surface area contributed by atoms with Gasteiger partial charge in [-0.15, -0.1) is 0 Å². The zero-order chi connectivity index (χ0) is 40.7. The van der Waals surface area contributed by atoms with Crippen molar-refractivity contribution < 1.29 is 42.1 Å². The van der Waals surface area contributed by atoms with Crippen molar-refractivity contribution in [3.05, 3.63) is 24.3 Å². The number of unbranched alkanes of at least 4 members (excludes halogenated alkanes) is 23. The maximum atomic E-state index is 12.7. The lowest BCUT2D eigenvalue weighted by molar-refractivity contribution is -0.870. The number of hydrogen-bond acceptors (Lipinski definition) is 8. The van der Waals surface area contributed by atoms with Gasteiger partial charge >= 0.3 is 11.9 Å². The normalized spacial score (nSPS) is 13.8. The monoisotopic (exact) mass is 800 g/mol. The number of hydrogen-bond donors (Lipinski definition) is 0. The molecule has 0 aliphatic rings. The fraction of sp³-hybridized carbons (Fsp3) is 0.867. The number of allylic oxidation sites excluding steroid dienone is 4. The maximum absolute atomic E-state index is 12.7. The highest BCUT2D eigenvalue weighted by Gasteiger charge is 2.21. The number of esters is 2. The molecule has 0 saturated heterocycles. The van der Waals surface area contributed by atoms with Crippen LogP contribution in [0.5, 0.6) is 0 Å². The van der Waals surface area contributed by atoms with Crippen LogP contribution in [0.3, 0.4) is 0 Å². The molecule has 0 radical (unpaired) electrons. The first kappa shape index (κ1) is 53.5. The number of carbonyl (C=O) groups is 2. The Kier molecular flexibility index (Phi) is 37.0. The molecule has 0 N–H and O–H groups in total. The summed E-state index contributed by atoms with van der Waals surface area (Å²) in [4.78, 5) is 37.5. The van der Waals surface area contributed by atoms with Crippen LogP contribution in [-0.2, 0) is 32.7 Å². The zero-order valence-electron chi connectivity index (χ0n) is 36.4. The highest BCUT2D eigenvalue weighted by atomic mass is 31.2. The van der Waals surface area contributed by atoms with Crippen molar-refractivity contribution >= 4 is 19.8 Å². The number of rotatable bonds is 41. The molecule has 0 aromatic heterocycles. The summed E-state index contributed by atoms with van der Waals surface area (Å²) in [5.74, 6) is -0.836. The summed E-state index contributed by atoms with van der Waals surface area (Å²) < 4.78 is 33.9. The zero-order valence-corrected chi connectivity index (χ0v) is 37.3. The molecule has 0 bridgehead atoms. The molecule has 0 heterocycles. The smallest absolute Gasteiger partial charge is 0.306 e. The van der Waals surface area contributed by atoms with Crippen LogP contribution in [0.1, 0.15) is 200 Å². The van der Waals surface area contributed by atoms with Crippen LogP contribution in [0.4, 0.5) is 0 Å². The van der Waals surface area contributed by atoms with Crippen molar-refractivity contribution in [3.8, 4) is 0 Å². The lowest BCUT2D eigenvalue weighted by Crippen LogP contribution is -2.37. The third-order valence-electron chi connectivity index (χ3n) is 9.72. The van der Waals surface area contributed by atoms with E-state index >= 15 is 0 Å². The third kappa shape index (κ3) is 41.9. The molecule has 0 aliphatic heterocycles. The molecule has 0 aliphatic carbocycles. The van der Waals surface area contributed by atoms with Crippen LogP contribution in [-0.4, -0.2) is 70.0 Å². The second kappa shape index (κ2) is 38.0. The van der Waals surface area contributed by atoms with Crippen LogP contribution in [0, 0.1) is 0 Å². The second-order valence-electron chi connectivity index (χ2n) is 16.4. The van der Waals surface area contributed by atoms with Crippen molar-refractivity contribution in [2.75, 3.05) is 47.5 Å². The molecular weight excluding hydrogens is 713 g/mol. The molecule has 0 rings (SSSR count). The van der Waals surface area contributed by atoms with E-state index in [4.69, 9.17) is 18.5 Å². The van der Waals surface area contributed by atoms with E-state index in [0.717, 1.165) is 51.4 Å². The lowest BCUT2D eigenvalue weighted by Gasteiger charge is -2.28. The highest BCUT2D eigenvalue weighted by Crippen LogP contribution is 2.38. The molecular formula is C45H86NO8P. The van der Waals surface area contributed by atoms with E-state index < -0.39 is 26.5 Å². The first-order valence-corrected chi connectivity index (χ1v) is 24.0. The fourth-order valence-corrected chi connectivity index (χ4v) is 6.88. The molecule has 10 heteroatoms. The summed E-state index contributed by atoms with van der Waals surface area (Å²) in [6.45, 7) is 4.21. The number of phosphoric acid groups is 1. The number of ether oxygens (including phenoxy) is 2. The van der Waals surface area contributed by atoms with Gasteiger partial charge in [-0.2, -0.15) is 0 Å². The first-order valence-electron chi connectivity index (χ1n) is 22.5. The van der Waals surface area contributed by atoms with Crippen LogP contribution in [0.25, 0.3) is 0 Å². The van der Waals surface area contributed by atoms with Crippen molar-refractivity contribution in [1.29, 1.82) is 0 Å². The van der Waals surface area contributed by atoms with Gasteiger partial charge in [-0.1, -0.05) is 167 Å². The average Bonchev–Trinajstić information content (AvgIpc) is 3.13. The SMILES string of the molecule is CCCCC/C=C/C/C=C/CCCCCCCCCC(=O)OC[C@H](COP(=O)([O-])OCC[N+](C)(C)C)OC(=O)CCCCCCCCCCCCCCCC. The van der Waals surface area contributed by atoms with E-state index in [1.54, 1.807) is 0 Å². The van der Waals surface area contributed by atoms with Crippen LogP contribution < -0.4 is 4.89 Å². The highest BCUT2D eigenvalue weighted by molar-refractivity contribution is 7.45. The van der Waals surface area contributed by atoms with Gasteiger partial charge in [0.25, 0.3) is 7.82 Å². The fourth-order valence-electron chi connectivity index (χ4n) is 6.16. The molecule has 0 saturated carbocycles. The Hall–Kier alpha value is -1.51. The molecule has 0 spiro atoms. The van der Waals surface area contributed by atoms with Crippen LogP contribution in [0.2, 0.25) is 0 Å². The Morgan fingerprint density at radius 2 is 0.982 bits per heavy atom. The molecule has 0 aromatic carbocycles. The standard InChI is InChI=1S/C45H86NO8P/c1-6-8-10-12-14-16-18-20-22-23-24-26-27-29-31-33-35-37-44(47)51-41-43(42-53-55(49,50)52-40-39-46(3,4)5)54-45(48)38-36-34-32-30-28-25-21-19-17-15-13-11-9-7-2/h14,16,20,22,43H,6-13,15,17-19,21,23-42H2,1-5H3/b16-14+,22-20+/t43-/m1/s1. The summed E-state index contributed by atoms with van der Waals surface area (Å²) in [6, 6.07) is 0. The molecule has 1 unspecified atom stereocenters. The predicted octanol–water partition coefficient (Wildman–Crippen LogP) is 12.1. The van der Waals surface area contributed by atoms with Crippen molar-refractivity contribution in [3.63, 3.8) is 0 Å². The van der Waals surface area contributed by atoms with Gasteiger partial charge in [-0.05, 0) is 44.9 Å². The molecule has 2 atom stereocenters. The van der Waals surface area contributed by atoms with Crippen LogP contribution >= 0.6 is 7.82 Å². The van der Waals surface area contributed by atoms with Gasteiger partial charge in [0.05, 0.1) is 27.7 Å². The Morgan fingerprint density at radius 1 is 0.564 bits per heavy atom. The Labute approximate surface area is 339 Å². The largest absolute Gasteiger partial charge is 0.756 e. The maximum Gasteiger partial charge on any atom is 0.306 e. The number of quaternary nitrogens is 1. The predicted molar refractivity (Wildman–Crippen MR) is 227 cm³/mol. The summed E-state index contributed by atoms with van der Waals surface area (Å²) in [6.07, 6.45) is 40.5. The van der Waals surface area contributed by atoms with E-state index in [1.807, 2.05) is 21.1 Å². The topological polar surface area (TPSA) is 111 Å². The summed E-state index contributed by atoms with van der Waals surface area (Å²) in [5, 5.41) is 0. The van der Waals surface area contributed by atoms with E-state index in [-0.39, 0.29) is 32.0 Å². The van der Waals surface area contributed by atoms with Crippen molar-refractivity contribution in [2.45, 2.75) is 206 Å². The van der Waals surface area contributed by atoms with Crippen LogP contribution in [0.15, 0.2) is 24.3 Å². The minimum atomic E-state index is -4.62. The Balaban J connectivity index is 4.33. The van der Waals surface area contributed by atoms with Crippen molar-refractivity contribution in [1.82, 2.24) is 0 Å². The number of phosphoric ester groups is 1. The quantitative estimate of drug-likeness (QED) is 0.0198. The van der Waals surface area contributed by atoms with E-state index in [2.05, 4.69) is 38.2 Å². The van der Waals surface area contributed by atoms with Gasteiger partial charge in [-0.3, -0.25) is 14.2 Å². The molecule has 0 amide bonds. The molecule has 0 aromatic rings. The van der Waals surface area contributed by atoms with Gasteiger partial charge in [0.15, 0.2) is 6.10 Å². The Bertz CT molecular complexity index is 996. The minimum absolute atomic E-state index is 0.0302. The van der Waals surface area contributed by atoms with E-state index in [1.165, 1.54) is 116 Å². The van der Waals surface area contributed by atoms with Crippen molar-refractivity contribution in [2.24, 2.45) is 0 Å². The van der Waals surface area contributed by atoms with Gasteiger partial charge in [0, 0.05) is 12.8 Å². The molecule has 0 fully saturated rings. The first-order chi connectivity index (χ1) is 26.5. The summed E-state index contributed by atoms with van der Waals surface area (Å²) >= 11 is 0. The molecule has 324 valence electrons. The Morgan fingerprint density at radius 3 is 1.47 bits per heavy atom. The van der Waals surface area contributed by atoms with Gasteiger partial charge in [-0.25, -0.2) is 0 Å². The van der Waals surface area contributed by atoms with Gasteiger partial charge < -0.3 is 27.9 Å². The third-order valence-corrected chi connectivity index (χ3v) is 10.7. The summed E-state index contributed by atoms with van der Waals surface area (Å²) in [7, 11) is 1.17. The number of carbonyl (C=O) groups excluding carboxylic acids is 2. The lowest BCUT2D eigenvalue weighted by atomic mass is 10.0. The number of likely N-dealkylation sites (N-methyl/N-ethyl adjacent to an activating group) is 1. The second-order valence-corrected chi connectivity index (χ2v) is 17.8. The molecule has 9 nitrogen and oxygen atoms in total. The van der Waals surface area contributed by atoms with E-state index in [0.29, 0.717) is 17.4 Å². The van der Waals surface area contributed by atoms with Gasteiger partial charge in [0.2, 0.25) is 0 Å². The number of nitrogens with zero attached hydrogens (tertiary/aromatic N) is 1. The van der Waals surface area contributed by atoms with Gasteiger partial charge in [0.1, 0.15) is 19.8 Å². The minimum Gasteiger partial charge on any atom is -0.756 e.